The molecule has 14 nitrogen and oxygen atoms in total. The van der Waals surface area contributed by atoms with E-state index in [1.807, 2.05) is 60.9 Å². The van der Waals surface area contributed by atoms with E-state index in [4.69, 9.17) is 23.6 Å². The lowest BCUT2D eigenvalue weighted by Crippen LogP contribution is -2.37. The van der Waals surface area contributed by atoms with Gasteiger partial charge in [-0.05, 0) is 48.5 Å². The highest BCUT2D eigenvalue weighted by atomic mass is 32.2. The minimum atomic E-state index is -3.56. The van der Waals surface area contributed by atoms with E-state index in [0.717, 1.165) is 77.0 Å². The fourth-order valence-corrected chi connectivity index (χ4v) is 6.18. The van der Waals surface area contributed by atoms with Crippen molar-refractivity contribution in [2.24, 2.45) is 0 Å². The average molecular weight is 699 g/mol. The largest absolute Gasteiger partial charge is 0.390 e. The zero-order chi connectivity index (χ0) is 34.5. The van der Waals surface area contributed by atoms with Gasteiger partial charge in [-0.25, -0.2) is 19.9 Å². The van der Waals surface area contributed by atoms with E-state index in [2.05, 4.69) is 35.8 Å². The minimum absolute atomic E-state index is 0.0980. The molecule has 2 fully saturated rings. The van der Waals surface area contributed by atoms with Crippen LogP contribution in [0.2, 0.25) is 0 Å². The highest BCUT2D eigenvalue weighted by Gasteiger charge is 2.18. The molecule has 4 aromatic heterocycles. The Hall–Kier alpha value is -4.93. The fourth-order valence-electron chi connectivity index (χ4n) is 5.84. The van der Waals surface area contributed by atoms with Gasteiger partial charge in [-0.3, -0.25) is 4.18 Å². The first-order chi connectivity index (χ1) is 24.3. The molecule has 50 heavy (non-hydrogen) atoms. The number of aliphatic hydroxyl groups excluding tert-OH is 1. The number of morpholine rings is 2. The van der Waals surface area contributed by atoms with Gasteiger partial charge in [-0.1, -0.05) is 0 Å². The van der Waals surface area contributed by atoms with Crippen molar-refractivity contribution in [1.82, 2.24) is 29.9 Å². The summed E-state index contributed by atoms with van der Waals surface area (Å²) in [6.07, 6.45) is 4.82. The van der Waals surface area contributed by atoms with Gasteiger partial charge in [0, 0.05) is 83.6 Å². The van der Waals surface area contributed by atoms with Crippen molar-refractivity contribution in [3.63, 3.8) is 0 Å². The molecule has 2 aliphatic rings. The molecule has 0 unspecified atom stereocenters. The summed E-state index contributed by atoms with van der Waals surface area (Å²) in [4.78, 5) is 29.0. The molecule has 6 aromatic rings. The molecule has 2 aromatic carbocycles. The second-order valence-corrected chi connectivity index (χ2v) is 13.6. The summed E-state index contributed by atoms with van der Waals surface area (Å²) in [6.45, 7) is 5.48. The maximum absolute atomic E-state index is 11.4. The maximum Gasteiger partial charge on any atom is 0.264 e. The summed E-state index contributed by atoms with van der Waals surface area (Å²) in [5.41, 5.74) is 5.07. The number of H-pyrrole nitrogens is 2. The van der Waals surface area contributed by atoms with Crippen LogP contribution in [0.1, 0.15) is 11.4 Å². The molecule has 8 rings (SSSR count). The SMILES string of the molecule is CS(=O)(=O)OCc1cc(N2CCOCC2)nc(-c2ccc3[nH]ccc3c2)n1.OCc1cc(N2CCOCC2)nc(-c2ccc3[nH]ccc3c2)n1. The van der Waals surface area contributed by atoms with Gasteiger partial charge in [0.25, 0.3) is 10.1 Å². The van der Waals surface area contributed by atoms with E-state index >= 15 is 0 Å². The summed E-state index contributed by atoms with van der Waals surface area (Å²) in [6, 6.07) is 19.6. The van der Waals surface area contributed by atoms with Crippen molar-refractivity contribution in [3.05, 3.63) is 84.4 Å². The number of anilines is 2. The van der Waals surface area contributed by atoms with Crippen LogP contribution in [0.4, 0.5) is 11.6 Å². The van der Waals surface area contributed by atoms with Gasteiger partial charge in [0.15, 0.2) is 11.6 Å². The van der Waals surface area contributed by atoms with Crippen LogP contribution in [0.5, 0.6) is 0 Å². The molecule has 6 heterocycles. The van der Waals surface area contributed by atoms with Crippen LogP contribution in [0, 0.1) is 0 Å². The number of fused-ring (bicyclic) bond motifs is 2. The molecule has 2 aliphatic heterocycles. The molecule has 2 saturated heterocycles. The summed E-state index contributed by atoms with van der Waals surface area (Å²) >= 11 is 0. The molecule has 15 heteroatoms. The number of rotatable bonds is 8. The van der Waals surface area contributed by atoms with Gasteiger partial charge in [0.1, 0.15) is 18.2 Å². The number of nitrogens with one attached hydrogen (secondary N) is 2. The number of aliphatic hydroxyl groups is 1. The second-order valence-electron chi connectivity index (χ2n) is 12.0. The Morgan fingerprint density at radius 3 is 1.66 bits per heavy atom. The first kappa shape index (κ1) is 33.6. The first-order valence-electron chi connectivity index (χ1n) is 16.3. The van der Waals surface area contributed by atoms with Crippen molar-refractivity contribution in [2.75, 3.05) is 68.7 Å². The number of benzene rings is 2. The van der Waals surface area contributed by atoms with Crippen LogP contribution in [-0.4, -0.2) is 102 Å². The zero-order valence-electron chi connectivity index (χ0n) is 27.6. The van der Waals surface area contributed by atoms with E-state index in [9.17, 15) is 13.5 Å². The van der Waals surface area contributed by atoms with Crippen molar-refractivity contribution in [2.45, 2.75) is 13.2 Å². The predicted octanol–water partition coefficient (Wildman–Crippen LogP) is 3.89. The van der Waals surface area contributed by atoms with Gasteiger partial charge in [0.05, 0.1) is 50.7 Å². The molecular formula is C35H38N8O6S. The number of nitrogens with zero attached hydrogens (tertiary/aromatic N) is 6. The standard InChI is InChI=1S/C18H20N4O4S.C17H18N4O2/c1-27(23,24)26-12-15-11-17(22-6-8-25-9-7-22)21-18(20-15)14-2-3-16-13(10-14)4-5-19-16;22-11-14-10-16(21-5-7-23-8-6-21)20-17(19-14)13-1-2-15-12(9-13)3-4-18-15/h2-5,10-11,19H,6-9,12H2,1H3;1-4,9-10,18,22H,5-8,11H2. The van der Waals surface area contributed by atoms with Crippen LogP contribution in [0.25, 0.3) is 44.6 Å². The van der Waals surface area contributed by atoms with E-state index in [0.29, 0.717) is 49.5 Å². The summed E-state index contributed by atoms with van der Waals surface area (Å²) < 4.78 is 38.5. The topological polar surface area (TPSA) is 172 Å². The Balaban J connectivity index is 0.000000159. The Labute approximate surface area is 289 Å². The van der Waals surface area contributed by atoms with E-state index in [1.54, 1.807) is 6.07 Å². The van der Waals surface area contributed by atoms with Crippen LogP contribution in [-0.2, 0) is 37.0 Å². The Morgan fingerprint density at radius 2 is 1.18 bits per heavy atom. The summed E-state index contributed by atoms with van der Waals surface area (Å²) in [5.74, 6) is 2.76. The number of aromatic amines is 2. The highest BCUT2D eigenvalue weighted by molar-refractivity contribution is 7.85. The minimum Gasteiger partial charge on any atom is -0.390 e. The monoisotopic (exact) mass is 698 g/mol. The molecule has 3 N–H and O–H groups in total. The molecule has 260 valence electrons. The molecular weight excluding hydrogens is 661 g/mol. The Kier molecular flexibility index (Phi) is 10.0. The Morgan fingerprint density at radius 1 is 0.700 bits per heavy atom. The molecule has 0 aliphatic carbocycles. The summed E-state index contributed by atoms with van der Waals surface area (Å²) in [7, 11) is -3.56. The van der Waals surface area contributed by atoms with E-state index in [-0.39, 0.29) is 13.2 Å². The molecule has 0 amide bonds. The van der Waals surface area contributed by atoms with Gasteiger partial charge in [0.2, 0.25) is 0 Å². The van der Waals surface area contributed by atoms with Crippen molar-refractivity contribution >= 4 is 43.6 Å². The van der Waals surface area contributed by atoms with Crippen LogP contribution < -0.4 is 9.80 Å². The lowest BCUT2D eigenvalue weighted by atomic mass is 10.1. The lowest BCUT2D eigenvalue weighted by molar-refractivity contribution is 0.122. The average Bonchev–Trinajstić information content (AvgIpc) is 3.84. The molecule has 0 saturated carbocycles. The van der Waals surface area contributed by atoms with E-state index in [1.165, 1.54) is 0 Å². The zero-order valence-corrected chi connectivity index (χ0v) is 28.4. The number of hydrogen-bond acceptors (Lipinski definition) is 12. The van der Waals surface area contributed by atoms with Gasteiger partial charge >= 0.3 is 0 Å². The maximum atomic E-state index is 11.4. The third-order valence-corrected chi connectivity index (χ3v) is 8.95. The predicted molar refractivity (Wildman–Crippen MR) is 190 cm³/mol. The first-order valence-corrected chi connectivity index (χ1v) is 18.1. The summed E-state index contributed by atoms with van der Waals surface area (Å²) in [5, 5.41) is 11.7. The smallest absolute Gasteiger partial charge is 0.264 e. The lowest BCUT2D eigenvalue weighted by Gasteiger charge is -2.28. The van der Waals surface area contributed by atoms with Crippen molar-refractivity contribution in [1.29, 1.82) is 0 Å². The third-order valence-electron chi connectivity index (χ3n) is 8.41. The Bertz CT molecular complexity index is 2190. The quantitative estimate of drug-likeness (QED) is 0.196. The van der Waals surface area contributed by atoms with Gasteiger partial charge < -0.3 is 34.3 Å². The van der Waals surface area contributed by atoms with Gasteiger partial charge in [-0.2, -0.15) is 8.42 Å². The fraction of sp³-hybridized carbons (Fsp3) is 0.314. The molecule has 0 radical (unpaired) electrons. The van der Waals surface area contributed by atoms with E-state index < -0.39 is 10.1 Å². The number of hydrogen-bond donors (Lipinski definition) is 3. The highest BCUT2D eigenvalue weighted by Crippen LogP contribution is 2.26. The van der Waals surface area contributed by atoms with Crippen LogP contribution in [0.3, 0.4) is 0 Å². The van der Waals surface area contributed by atoms with Crippen molar-refractivity contribution in [3.8, 4) is 22.8 Å². The third kappa shape index (κ3) is 8.09. The molecule has 0 atom stereocenters. The van der Waals surface area contributed by atoms with Gasteiger partial charge in [-0.15, -0.1) is 0 Å². The van der Waals surface area contributed by atoms with Crippen LogP contribution in [0.15, 0.2) is 73.1 Å². The molecule has 0 bridgehead atoms. The second kappa shape index (κ2) is 14.9. The molecule has 0 spiro atoms. The van der Waals surface area contributed by atoms with Crippen molar-refractivity contribution < 1.29 is 27.2 Å². The normalized spacial score (nSPS) is 15.3. The van der Waals surface area contributed by atoms with Crippen LogP contribution >= 0.6 is 0 Å². The number of ether oxygens (including phenoxy) is 2. The number of aromatic nitrogens is 6.